The number of aliphatic hydroxyl groups excluding tert-OH is 1. The topological polar surface area (TPSA) is 51.6 Å². The van der Waals surface area contributed by atoms with Crippen LogP contribution in [0.2, 0.25) is 0 Å². The van der Waals surface area contributed by atoms with E-state index in [1.165, 1.54) is 0 Å². The Labute approximate surface area is 105 Å². The molecule has 1 aromatic heterocycles. The highest BCUT2D eigenvalue weighted by atomic mass is 16.6. The van der Waals surface area contributed by atoms with Crippen LogP contribution in [0, 0.1) is 0 Å². The van der Waals surface area contributed by atoms with E-state index in [1.54, 1.807) is 12.3 Å². The van der Waals surface area contributed by atoms with Gasteiger partial charge in [0.25, 0.3) is 0 Å². The number of fused-ring (bicyclic) bond motifs is 1. The Morgan fingerprint density at radius 1 is 1.17 bits per heavy atom. The summed E-state index contributed by atoms with van der Waals surface area (Å²) in [7, 11) is 0. The molecule has 3 rings (SSSR count). The number of rotatable bonds is 2. The molecule has 2 heterocycles. The molecular weight excluding hydrogens is 230 g/mol. The van der Waals surface area contributed by atoms with E-state index in [0.29, 0.717) is 12.5 Å². The van der Waals surface area contributed by atoms with Crippen molar-refractivity contribution in [3.05, 3.63) is 59.8 Å². The van der Waals surface area contributed by atoms with E-state index in [-0.39, 0.29) is 0 Å². The van der Waals surface area contributed by atoms with Crippen molar-refractivity contribution < 1.29 is 14.6 Å². The molecule has 0 bridgehead atoms. The molecular formula is C14H13NO3. The maximum Gasteiger partial charge on any atom is 0.213 e. The number of aromatic nitrogens is 1. The Bertz CT molecular complexity index is 530. The first-order valence-corrected chi connectivity index (χ1v) is 5.80. The van der Waals surface area contributed by atoms with Crippen LogP contribution < -0.4 is 4.74 Å². The van der Waals surface area contributed by atoms with Crippen molar-refractivity contribution in [2.45, 2.75) is 19.0 Å². The van der Waals surface area contributed by atoms with Crippen molar-refractivity contribution in [3.8, 4) is 5.88 Å². The Morgan fingerprint density at radius 3 is 2.83 bits per heavy atom. The third-order valence-corrected chi connectivity index (χ3v) is 2.92. The molecule has 18 heavy (non-hydrogen) atoms. The van der Waals surface area contributed by atoms with Gasteiger partial charge in [-0.25, -0.2) is 4.98 Å². The lowest BCUT2D eigenvalue weighted by Gasteiger charge is -2.30. The molecule has 2 unspecified atom stereocenters. The summed E-state index contributed by atoms with van der Waals surface area (Å²) < 4.78 is 11.0. The van der Waals surface area contributed by atoms with Crippen molar-refractivity contribution in [1.82, 2.24) is 4.98 Å². The predicted octanol–water partition coefficient (Wildman–Crippen LogP) is 2.05. The highest BCUT2D eigenvalue weighted by molar-refractivity contribution is 5.31. The molecule has 2 atom stereocenters. The Kier molecular flexibility index (Phi) is 2.96. The van der Waals surface area contributed by atoms with Crippen molar-refractivity contribution in [3.63, 3.8) is 0 Å². The molecule has 1 aliphatic rings. The average Bonchev–Trinajstić information content (AvgIpc) is 2.43. The lowest BCUT2D eigenvalue weighted by Crippen LogP contribution is -2.31. The highest BCUT2D eigenvalue weighted by Gasteiger charge is 2.30. The van der Waals surface area contributed by atoms with Crippen LogP contribution in [-0.2, 0) is 11.3 Å². The highest BCUT2D eigenvalue weighted by Crippen LogP contribution is 2.31. The number of benzene rings is 1. The number of nitrogens with zero attached hydrogens (tertiary/aromatic N) is 1. The predicted molar refractivity (Wildman–Crippen MR) is 64.8 cm³/mol. The normalized spacial score (nSPS) is 22.3. The van der Waals surface area contributed by atoms with Gasteiger partial charge in [-0.2, -0.15) is 0 Å². The molecule has 0 saturated carbocycles. The van der Waals surface area contributed by atoms with Gasteiger partial charge >= 0.3 is 0 Å². The summed E-state index contributed by atoms with van der Waals surface area (Å²) in [5, 5.41) is 9.90. The van der Waals surface area contributed by atoms with Crippen LogP contribution in [0.25, 0.3) is 0 Å². The maximum absolute atomic E-state index is 9.90. The zero-order valence-corrected chi connectivity index (χ0v) is 9.69. The van der Waals surface area contributed by atoms with Gasteiger partial charge in [0.05, 0.1) is 6.61 Å². The van der Waals surface area contributed by atoms with Gasteiger partial charge in [0.2, 0.25) is 5.88 Å². The van der Waals surface area contributed by atoms with Gasteiger partial charge in [-0.05, 0) is 11.6 Å². The number of aliphatic hydroxyl groups is 1. The van der Waals surface area contributed by atoms with Gasteiger partial charge in [-0.3, -0.25) is 0 Å². The maximum atomic E-state index is 9.90. The Hall–Kier alpha value is -1.91. The third-order valence-electron chi connectivity index (χ3n) is 2.92. The summed E-state index contributed by atoms with van der Waals surface area (Å²) in [4.78, 5) is 4.09. The summed E-state index contributed by atoms with van der Waals surface area (Å²) >= 11 is 0. The minimum absolute atomic E-state index is 0.402. The molecule has 0 saturated heterocycles. The lowest BCUT2D eigenvalue weighted by atomic mass is 10.00. The van der Waals surface area contributed by atoms with Crippen LogP contribution in [0.3, 0.4) is 0 Å². The molecule has 1 aromatic carbocycles. The van der Waals surface area contributed by atoms with Crippen LogP contribution in [0.15, 0.2) is 48.7 Å². The second kappa shape index (κ2) is 4.76. The van der Waals surface area contributed by atoms with Gasteiger partial charge in [0.1, 0.15) is 0 Å². The van der Waals surface area contributed by atoms with Gasteiger partial charge in [0.15, 0.2) is 12.4 Å². The van der Waals surface area contributed by atoms with E-state index in [0.717, 1.165) is 11.1 Å². The van der Waals surface area contributed by atoms with E-state index in [1.807, 2.05) is 36.4 Å². The Balaban J connectivity index is 1.91. The zero-order valence-electron chi connectivity index (χ0n) is 9.69. The summed E-state index contributed by atoms with van der Waals surface area (Å²) in [5.74, 6) is 0.474. The standard InChI is InChI=1S/C14H13NO3/c16-14-13(18-12-7-3-4-8-15-12)11-6-2-1-5-10(11)9-17-14/h1-8,13-14,16H,9H2. The van der Waals surface area contributed by atoms with Crippen LogP contribution in [0.1, 0.15) is 17.2 Å². The molecule has 0 fully saturated rings. The molecule has 92 valence electrons. The first-order valence-electron chi connectivity index (χ1n) is 5.80. The van der Waals surface area contributed by atoms with Gasteiger partial charge < -0.3 is 14.6 Å². The summed E-state index contributed by atoms with van der Waals surface area (Å²) in [6, 6.07) is 13.2. The van der Waals surface area contributed by atoms with E-state index >= 15 is 0 Å². The molecule has 1 aliphatic heterocycles. The van der Waals surface area contributed by atoms with Gasteiger partial charge in [-0.1, -0.05) is 30.3 Å². The fraction of sp³-hybridized carbons (Fsp3) is 0.214. The van der Waals surface area contributed by atoms with Crippen LogP contribution in [0.4, 0.5) is 0 Å². The van der Waals surface area contributed by atoms with Gasteiger partial charge in [0, 0.05) is 17.8 Å². The second-order valence-electron chi connectivity index (χ2n) is 4.11. The first-order chi connectivity index (χ1) is 8.84. The number of hydrogen-bond acceptors (Lipinski definition) is 4. The number of pyridine rings is 1. The van der Waals surface area contributed by atoms with Crippen LogP contribution in [-0.4, -0.2) is 16.4 Å². The third kappa shape index (κ3) is 2.08. The van der Waals surface area contributed by atoms with Crippen molar-refractivity contribution in [1.29, 1.82) is 0 Å². The summed E-state index contributed by atoms with van der Waals surface area (Å²) in [5.41, 5.74) is 1.98. The van der Waals surface area contributed by atoms with E-state index in [4.69, 9.17) is 9.47 Å². The average molecular weight is 243 g/mol. The Morgan fingerprint density at radius 2 is 2.00 bits per heavy atom. The van der Waals surface area contributed by atoms with Crippen molar-refractivity contribution in [2.75, 3.05) is 0 Å². The molecule has 0 aliphatic carbocycles. The fourth-order valence-electron chi connectivity index (χ4n) is 2.03. The quantitative estimate of drug-likeness (QED) is 0.877. The van der Waals surface area contributed by atoms with Crippen molar-refractivity contribution >= 4 is 0 Å². The molecule has 0 radical (unpaired) electrons. The summed E-state index contributed by atoms with van der Waals surface area (Å²) in [6.07, 6.45) is 0.142. The smallest absolute Gasteiger partial charge is 0.213 e. The van der Waals surface area contributed by atoms with Crippen LogP contribution in [0.5, 0.6) is 5.88 Å². The molecule has 2 aromatic rings. The van der Waals surface area contributed by atoms with Gasteiger partial charge in [-0.15, -0.1) is 0 Å². The SMILES string of the molecule is OC1OCc2ccccc2C1Oc1ccccn1. The van der Waals surface area contributed by atoms with Crippen LogP contribution >= 0.6 is 0 Å². The molecule has 4 heteroatoms. The molecule has 1 N–H and O–H groups in total. The second-order valence-corrected chi connectivity index (χ2v) is 4.11. The first kappa shape index (κ1) is 11.2. The van der Waals surface area contributed by atoms with E-state index in [2.05, 4.69) is 4.98 Å². The lowest BCUT2D eigenvalue weighted by molar-refractivity contribution is -0.174. The largest absolute Gasteiger partial charge is 0.464 e. The van der Waals surface area contributed by atoms with E-state index in [9.17, 15) is 5.11 Å². The minimum Gasteiger partial charge on any atom is -0.464 e. The molecule has 0 spiro atoms. The fourth-order valence-corrected chi connectivity index (χ4v) is 2.03. The molecule has 4 nitrogen and oxygen atoms in total. The zero-order chi connectivity index (χ0) is 12.4. The number of hydrogen-bond donors (Lipinski definition) is 1. The van der Waals surface area contributed by atoms with E-state index < -0.39 is 12.4 Å². The minimum atomic E-state index is -0.970. The van der Waals surface area contributed by atoms with Crippen molar-refractivity contribution in [2.24, 2.45) is 0 Å². The monoisotopic (exact) mass is 243 g/mol. The number of ether oxygens (including phenoxy) is 2. The summed E-state index contributed by atoms with van der Waals surface area (Å²) in [6.45, 7) is 0.402. The molecule has 0 amide bonds.